The molecule has 3 heteroatoms. The number of carbonyl (C=O) groups excluding carboxylic acids is 1. The molecule has 14 heavy (non-hydrogen) atoms. The summed E-state index contributed by atoms with van der Waals surface area (Å²) in [6.07, 6.45) is 7.51. The zero-order chi connectivity index (χ0) is 9.80. The minimum atomic E-state index is 0.472. The molecule has 0 amide bonds. The summed E-state index contributed by atoms with van der Waals surface area (Å²) in [5, 5.41) is 0. The van der Waals surface area contributed by atoms with Crippen LogP contribution in [0.1, 0.15) is 18.4 Å². The molecule has 1 aliphatic heterocycles. The van der Waals surface area contributed by atoms with E-state index in [0.29, 0.717) is 6.42 Å². The van der Waals surface area contributed by atoms with Crippen LogP contribution < -0.4 is 4.90 Å². The average Bonchev–Trinajstić information content (AvgIpc) is 2.72. The summed E-state index contributed by atoms with van der Waals surface area (Å²) in [7, 11) is 0. The van der Waals surface area contributed by atoms with Gasteiger partial charge in [-0.2, -0.15) is 0 Å². The van der Waals surface area contributed by atoms with Crippen molar-refractivity contribution in [3.05, 3.63) is 24.0 Å². The first kappa shape index (κ1) is 9.19. The summed E-state index contributed by atoms with van der Waals surface area (Å²) in [6, 6.07) is 2.00. The first-order chi connectivity index (χ1) is 6.92. The number of hydrogen-bond acceptors (Lipinski definition) is 3. The third-order valence-corrected chi connectivity index (χ3v) is 2.63. The third kappa shape index (κ3) is 1.76. The van der Waals surface area contributed by atoms with E-state index in [1.165, 1.54) is 18.5 Å². The van der Waals surface area contributed by atoms with Crippen LogP contribution in [-0.4, -0.2) is 24.4 Å². The van der Waals surface area contributed by atoms with Gasteiger partial charge in [0.05, 0.1) is 0 Å². The van der Waals surface area contributed by atoms with Crippen molar-refractivity contribution in [2.45, 2.75) is 19.3 Å². The molecule has 1 saturated heterocycles. The number of rotatable bonds is 3. The number of anilines is 1. The second-order valence-electron chi connectivity index (χ2n) is 3.57. The van der Waals surface area contributed by atoms with E-state index in [4.69, 9.17) is 0 Å². The molecule has 1 aliphatic rings. The largest absolute Gasteiger partial charge is 0.371 e. The molecule has 0 unspecified atom stereocenters. The molecule has 1 aromatic rings. The summed E-state index contributed by atoms with van der Waals surface area (Å²) >= 11 is 0. The Morgan fingerprint density at radius 1 is 1.43 bits per heavy atom. The van der Waals surface area contributed by atoms with Crippen LogP contribution in [0.3, 0.4) is 0 Å². The first-order valence-corrected chi connectivity index (χ1v) is 5.03. The molecule has 0 bridgehead atoms. The molecule has 0 aliphatic carbocycles. The van der Waals surface area contributed by atoms with Crippen LogP contribution >= 0.6 is 0 Å². The number of hydrogen-bond donors (Lipinski definition) is 0. The van der Waals surface area contributed by atoms with Gasteiger partial charge in [0.1, 0.15) is 6.29 Å². The van der Waals surface area contributed by atoms with Crippen LogP contribution in [0.15, 0.2) is 18.5 Å². The molecule has 74 valence electrons. The highest BCUT2D eigenvalue weighted by Crippen LogP contribution is 2.23. The molecule has 0 radical (unpaired) electrons. The molecule has 0 N–H and O–H groups in total. The van der Waals surface area contributed by atoms with Crippen LogP contribution in [0.25, 0.3) is 0 Å². The van der Waals surface area contributed by atoms with Crippen molar-refractivity contribution in [1.82, 2.24) is 4.98 Å². The van der Waals surface area contributed by atoms with E-state index in [2.05, 4.69) is 9.88 Å². The minimum absolute atomic E-state index is 0.472. The predicted molar refractivity (Wildman–Crippen MR) is 55.5 cm³/mol. The van der Waals surface area contributed by atoms with E-state index >= 15 is 0 Å². The smallest absolute Gasteiger partial charge is 0.124 e. The Morgan fingerprint density at radius 2 is 2.21 bits per heavy atom. The number of pyridine rings is 1. The van der Waals surface area contributed by atoms with E-state index < -0.39 is 0 Å². The van der Waals surface area contributed by atoms with E-state index in [0.717, 1.165) is 24.9 Å². The zero-order valence-corrected chi connectivity index (χ0v) is 8.15. The monoisotopic (exact) mass is 190 g/mol. The lowest BCUT2D eigenvalue weighted by Gasteiger charge is -2.19. The second kappa shape index (κ2) is 4.22. The van der Waals surface area contributed by atoms with Crippen molar-refractivity contribution in [2.24, 2.45) is 0 Å². The lowest BCUT2D eigenvalue weighted by Crippen LogP contribution is -2.19. The normalized spacial score (nSPS) is 15.9. The second-order valence-corrected chi connectivity index (χ2v) is 3.57. The van der Waals surface area contributed by atoms with E-state index in [-0.39, 0.29) is 0 Å². The summed E-state index contributed by atoms with van der Waals surface area (Å²) in [6.45, 7) is 2.21. The molecule has 0 aromatic carbocycles. The lowest BCUT2D eigenvalue weighted by atomic mass is 10.1. The van der Waals surface area contributed by atoms with Crippen molar-refractivity contribution < 1.29 is 4.79 Å². The van der Waals surface area contributed by atoms with Gasteiger partial charge in [-0.25, -0.2) is 0 Å². The number of carbonyl (C=O) groups is 1. The molecule has 3 nitrogen and oxygen atoms in total. The van der Waals surface area contributed by atoms with Crippen molar-refractivity contribution in [3.63, 3.8) is 0 Å². The van der Waals surface area contributed by atoms with Gasteiger partial charge in [-0.1, -0.05) is 0 Å². The highest BCUT2D eigenvalue weighted by atomic mass is 16.1. The van der Waals surface area contributed by atoms with Gasteiger partial charge in [-0.05, 0) is 18.9 Å². The Morgan fingerprint density at radius 3 is 2.93 bits per heavy atom. The summed E-state index contributed by atoms with van der Waals surface area (Å²) in [4.78, 5) is 16.9. The Bertz CT molecular complexity index is 319. The predicted octanol–water partition coefficient (Wildman–Crippen LogP) is 1.42. The van der Waals surface area contributed by atoms with E-state index in [9.17, 15) is 4.79 Å². The van der Waals surface area contributed by atoms with Crippen molar-refractivity contribution in [1.29, 1.82) is 0 Å². The minimum Gasteiger partial charge on any atom is -0.371 e. The van der Waals surface area contributed by atoms with Gasteiger partial charge in [0, 0.05) is 43.2 Å². The van der Waals surface area contributed by atoms with Crippen LogP contribution in [0.2, 0.25) is 0 Å². The Hall–Kier alpha value is -1.38. The summed E-state index contributed by atoms with van der Waals surface area (Å²) < 4.78 is 0. The first-order valence-electron chi connectivity index (χ1n) is 5.03. The molecular weight excluding hydrogens is 176 g/mol. The molecule has 1 fully saturated rings. The molecule has 2 heterocycles. The summed E-state index contributed by atoms with van der Waals surface area (Å²) in [5.41, 5.74) is 2.23. The maximum absolute atomic E-state index is 10.5. The molecule has 0 atom stereocenters. The van der Waals surface area contributed by atoms with Crippen LogP contribution in [-0.2, 0) is 11.2 Å². The molecular formula is C11H14N2O. The van der Waals surface area contributed by atoms with Gasteiger partial charge < -0.3 is 9.69 Å². The van der Waals surface area contributed by atoms with Gasteiger partial charge >= 0.3 is 0 Å². The maximum atomic E-state index is 10.5. The summed E-state index contributed by atoms with van der Waals surface area (Å²) in [5.74, 6) is 0. The number of aromatic nitrogens is 1. The highest BCUT2D eigenvalue weighted by molar-refractivity contribution is 5.63. The Labute approximate surface area is 83.8 Å². The van der Waals surface area contributed by atoms with Gasteiger partial charge in [0.15, 0.2) is 0 Å². The Balaban J connectivity index is 2.25. The average molecular weight is 190 g/mol. The van der Waals surface area contributed by atoms with Gasteiger partial charge in [0.2, 0.25) is 0 Å². The maximum Gasteiger partial charge on any atom is 0.124 e. The Kier molecular flexibility index (Phi) is 2.77. The SMILES string of the molecule is O=CCc1cnccc1N1CCCC1. The molecule has 1 aromatic heterocycles. The fourth-order valence-electron chi connectivity index (χ4n) is 1.93. The van der Waals surface area contributed by atoms with Crippen molar-refractivity contribution >= 4 is 12.0 Å². The topological polar surface area (TPSA) is 33.2 Å². The zero-order valence-electron chi connectivity index (χ0n) is 8.15. The van der Waals surface area contributed by atoms with Gasteiger partial charge in [0.25, 0.3) is 0 Å². The van der Waals surface area contributed by atoms with Crippen LogP contribution in [0, 0.1) is 0 Å². The van der Waals surface area contributed by atoms with E-state index in [1.807, 2.05) is 6.07 Å². The van der Waals surface area contributed by atoms with Crippen molar-refractivity contribution in [2.75, 3.05) is 18.0 Å². The standard InChI is InChI=1S/C11H14N2O/c14-8-4-10-9-12-5-3-11(10)13-6-1-2-7-13/h3,5,8-9H,1-2,4,6-7H2. The third-order valence-electron chi connectivity index (χ3n) is 2.63. The van der Waals surface area contributed by atoms with Crippen molar-refractivity contribution in [3.8, 4) is 0 Å². The van der Waals surface area contributed by atoms with Crippen LogP contribution in [0.5, 0.6) is 0 Å². The molecule has 0 saturated carbocycles. The van der Waals surface area contributed by atoms with E-state index in [1.54, 1.807) is 12.4 Å². The van der Waals surface area contributed by atoms with Gasteiger partial charge in [-0.15, -0.1) is 0 Å². The lowest BCUT2D eigenvalue weighted by molar-refractivity contribution is -0.107. The number of nitrogens with zero attached hydrogens (tertiary/aromatic N) is 2. The molecule has 2 rings (SSSR count). The fraction of sp³-hybridized carbons (Fsp3) is 0.455. The van der Waals surface area contributed by atoms with Crippen LogP contribution in [0.4, 0.5) is 5.69 Å². The fourth-order valence-corrected chi connectivity index (χ4v) is 1.93. The quantitative estimate of drug-likeness (QED) is 0.676. The highest BCUT2D eigenvalue weighted by Gasteiger charge is 2.14. The number of aldehydes is 1. The van der Waals surface area contributed by atoms with Gasteiger partial charge in [-0.3, -0.25) is 4.98 Å². The molecule has 0 spiro atoms.